The van der Waals surface area contributed by atoms with Crippen LogP contribution in [-0.4, -0.2) is 59.8 Å². The van der Waals surface area contributed by atoms with Crippen LogP contribution in [0.1, 0.15) is 17.3 Å². The van der Waals surface area contributed by atoms with Crippen molar-refractivity contribution in [1.82, 2.24) is 14.5 Å². The number of ether oxygens (including phenoxy) is 1. The molecule has 9 heteroatoms. The maximum Gasteiger partial charge on any atom is 0.340 e. The molecular weight excluding hydrogens is 262 g/mol. The van der Waals surface area contributed by atoms with Crippen LogP contribution in [0, 0.1) is 0 Å². The van der Waals surface area contributed by atoms with Crippen molar-refractivity contribution in [1.29, 1.82) is 0 Å². The van der Waals surface area contributed by atoms with Gasteiger partial charge in [0.2, 0.25) is 0 Å². The molecule has 2 N–H and O–H groups in total. The Morgan fingerprint density at radius 3 is 3.00 bits per heavy atom. The summed E-state index contributed by atoms with van der Waals surface area (Å²) in [7, 11) is -3.89. The molecule has 1 fully saturated rings. The first-order chi connectivity index (χ1) is 8.44. The van der Waals surface area contributed by atoms with Crippen LogP contribution in [0.15, 0.2) is 11.2 Å². The zero-order chi connectivity index (χ0) is 13.3. The number of hydrogen-bond acceptors (Lipinski definition) is 5. The Morgan fingerprint density at radius 2 is 2.39 bits per heavy atom. The van der Waals surface area contributed by atoms with Gasteiger partial charge in [-0.1, -0.05) is 0 Å². The molecule has 0 aliphatic carbocycles. The first-order valence-electron chi connectivity index (χ1n) is 5.31. The Labute approximate surface area is 104 Å². The van der Waals surface area contributed by atoms with Crippen LogP contribution in [0.2, 0.25) is 0 Å². The number of rotatable bonds is 3. The van der Waals surface area contributed by atoms with Gasteiger partial charge in [-0.3, -0.25) is 5.10 Å². The number of sulfonamides is 1. The lowest BCUT2D eigenvalue weighted by Crippen LogP contribution is -2.47. The van der Waals surface area contributed by atoms with Gasteiger partial charge in [0.1, 0.15) is 5.56 Å². The molecule has 0 saturated carbocycles. The van der Waals surface area contributed by atoms with Crippen LogP contribution < -0.4 is 0 Å². The van der Waals surface area contributed by atoms with Crippen molar-refractivity contribution >= 4 is 16.0 Å². The Morgan fingerprint density at radius 1 is 1.67 bits per heavy atom. The van der Waals surface area contributed by atoms with Crippen LogP contribution in [0.25, 0.3) is 0 Å². The van der Waals surface area contributed by atoms with Gasteiger partial charge < -0.3 is 9.84 Å². The maximum atomic E-state index is 12.3. The van der Waals surface area contributed by atoms with E-state index in [9.17, 15) is 13.2 Å². The number of carboxylic acid groups (broad SMARTS) is 1. The molecule has 0 radical (unpaired) electrons. The summed E-state index contributed by atoms with van der Waals surface area (Å²) in [6.07, 6.45) is 0.986. The van der Waals surface area contributed by atoms with E-state index in [4.69, 9.17) is 9.84 Å². The third-order valence-corrected chi connectivity index (χ3v) is 4.70. The maximum absolute atomic E-state index is 12.3. The molecule has 1 aromatic heterocycles. The Bertz CT molecular complexity index is 552. The third kappa shape index (κ3) is 2.11. The second kappa shape index (κ2) is 4.67. The monoisotopic (exact) mass is 275 g/mol. The van der Waals surface area contributed by atoms with Crippen molar-refractivity contribution in [3.8, 4) is 0 Å². The van der Waals surface area contributed by atoms with Gasteiger partial charge in [-0.15, -0.1) is 0 Å². The number of aromatic amines is 1. The summed E-state index contributed by atoms with van der Waals surface area (Å²) in [5, 5.41) is 14.3. The predicted molar refractivity (Wildman–Crippen MR) is 59.7 cm³/mol. The zero-order valence-electron chi connectivity index (χ0n) is 9.66. The van der Waals surface area contributed by atoms with E-state index >= 15 is 0 Å². The van der Waals surface area contributed by atoms with E-state index in [0.29, 0.717) is 6.61 Å². The van der Waals surface area contributed by atoms with Crippen molar-refractivity contribution in [2.45, 2.75) is 18.0 Å². The molecule has 1 saturated heterocycles. The van der Waals surface area contributed by atoms with Gasteiger partial charge in [0, 0.05) is 12.6 Å². The second-order valence-electron chi connectivity index (χ2n) is 3.96. The number of hydrogen-bond donors (Lipinski definition) is 2. The summed E-state index contributed by atoms with van der Waals surface area (Å²) in [6, 6.07) is -0.339. The predicted octanol–water partition coefficient (Wildman–Crippen LogP) is -0.483. The van der Waals surface area contributed by atoms with E-state index in [1.54, 1.807) is 6.92 Å². The van der Waals surface area contributed by atoms with Gasteiger partial charge in [0.05, 0.1) is 19.4 Å². The van der Waals surface area contributed by atoms with Gasteiger partial charge in [-0.25, -0.2) is 13.2 Å². The Kier molecular flexibility index (Phi) is 3.37. The molecule has 0 unspecified atom stereocenters. The molecule has 18 heavy (non-hydrogen) atoms. The zero-order valence-corrected chi connectivity index (χ0v) is 10.5. The number of carboxylic acids is 1. The fourth-order valence-corrected chi connectivity index (χ4v) is 3.48. The van der Waals surface area contributed by atoms with E-state index in [1.807, 2.05) is 0 Å². The normalized spacial score (nSPS) is 21.9. The SMILES string of the molecule is C[C@@H]1COCCN1S(=O)(=O)c1[nH]ncc1C(=O)O. The summed E-state index contributed by atoms with van der Waals surface area (Å²) in [5.74, 6) is -1.33. The van der Waals surface area contributed by atoms with Crippen molar-refractivity contribution in [3.63, 3.8) is 0 Å². The molecule has 100 valence electrons. The lowest BCUT2D eigenvalue weighted by molar-refractivity contribution is 0.0391. The van der Waals surface area contributed by atoms with Gasteiger partial charge in [0.25, 0.3) is 10.0 Å². The molecule has 0 spiro atoms. The van der Waals surface area contributed by atoms with E-state index in [1.165, 1.54) is 4.31 Å². The summed E-state index contributed by atoms with van der Waals surface area (Å²) in [4.78, 5) is 10.9. The highest BCUT2D eigenvalue weighted by Gasteiger charge is 2.35. The average Bonchev–Trinajstić information content (AvgIpc) is 2.78. The minimum atomic E-state index is -3.89. The number of aromatic nitrogens is 2. The molecule has 2 heterocycles. The van der Waals surface area contributed by atoms with Gasteiger partial charge in [-0.05, 0) is 6.92 Å². The van der Waals surface area contributed by atoms with E-state index in [-0.39, 0.29) is 29.8 Å². The van der Waals surface area contributed by atoms with Crippen molar-refractivity contribution in [3.05, 3.63) is 11.8 Å². The molecule has 0 bridgehead atoms. The minimum Gasteiger partial charge on any atom is -0.478 e. The first kappa shape index (κ1) is 13.0. The summed E-state index contributed by atoms with van der Waals surface area (Å²) >= 11 is 0. The average molecular weight is 275 g/mol. The Hall–Kier alpha value is -1.45. The smallest absolute Gasteiger partial charge is 0.340 e. The van der Waals surface area contributed by atoms with E-state index < -0.39 is 16.0 Å². The molecule has 2 rings (SSSR count). The van der Waals surface area contributed by atoms with Crippen LogP contribution >= 0.6 is 0 Å². The number of nitrogens with one attached hydrogen (secondary N) is 1. The van der Waals surface area contributed by atoms with Crippen molar-refractivity contribution < 1.29 is 23.1 Å². The highest BCUT2D eigenvalue weighted by molar-refractivity contribution is 7.89. The Balaban J connectivity index is 2.41. The quantitative estimate of drug-likeness (QED) is 0.770. The molecular formula is C9H13N3O5S. The fraction of sp³-hybridized carbons (Fsp3) is 0.556. The topological polar surface area (TPSA) is 113 Å². The van der Waals surface area contributed by atoms with Gasteiger partial charge in [-0.2, -0.15) is 9.40 Å². The number of aromatic carboxylic acids is 1. The minimum absolute atomic E-state index is 0.196. The molecule has 1 atom stereocenters. The number of morpholine rings is 1. The second-order valence-corrected chi connectivity index (χ2v) is 5.79. The lowest BCUT2D eigenvalue weighted by Gasteiger charge is -2.31. The fourth-order valence-electron chi connectivity index (χ4n) is 1.81. The van der Waals surface area contributed by atoms with Gasteiger partial charge in [0.15, 0.2) is 5.03 Å². The van der Waals surface area contributed by atoms with E-state index in [0.717, 1.165) is 6.20 Å². The molecule has 8 nitrogen and oxygen atoms in total. The summed E-state index contributed by atoms with van der Waals surface area (Å²) < 4.78 is 31.0. The molecule has 1 aromatic rings. The lowest BCUT2D eigenvalue weighted by atomic mass is 10.3. The van der Waals surface area contributed by atoms with Crippen molar-refractivity contribution in [2.75, 3.05) is 19.8 Å². The standard InChI is InChI=1S/C9H13N3O5S/c1-6-5-17-3-2-12(6)18(15,16)8-7(9(13)14)4-10-11-8/h4,6H,2-3,5H2,1H3,(H,10,11)(H,13,14)/t6-/m1/s1. The van der Waals surface area contributed by atoms with Crippen LogP contribution in [0.4, 0.5) is 0 Å². The molecule has 1 aliphatic rings. The van der Waals surface area contributed by atoms with Crippen molar-refractivity contribution in [2.24, 2.45) is 0 Å². The third-order valence-electron chi connectivity index (χ3n) is 2.71. The van der Waals surface area contributed by atoms with E-state index in [2.05, 4.69) is 10.2 Å². The summed E-state index contributed by atoms with van der Waals surface area (Å²) in [5.41, 5.74) is -0.353. The first-order valence-corrected chi connectivity index (χ1v) is 6.75. The van der Waals surface area contributed by atoms with Crippen LogP contribution in [-0.2, 0) is 14.8 Å². The molecule has 1 aliphatic heterocycles. The largest absolute Gasteiger partial charge is 0.478 e. The highest BCUT2D eigenvalue weighted by Crippen LogP contribution is 2.21. The molecule has 0 aromatic carbocycles. The van der Waals surface area contributed by atoms with Gasteiger partial charge >= 0.3 is 5.97 Å². The molecule has 0 amide bonds. The summed E-state index contributed by atoms with van der Waals surface area (Å²) in [6.45, 7) is 2.48. The van der Waals surface area contributed by atoms with Crippen LogP contribution in [0.3, 0.4) is 0 Å². The van der Waals surface area contributed by atoms with Crippen LogP contribution in [0.5, 0.6) is 0 Å². The number of H-pyrrole nitrogens is 1. The number of nitrogens with zero attached hydrogens (tertiary/aromatic N) is 2. The highest BCUT2D eigenvalue weighted by atomic mass is 32.2. The number of carbonyl (C=O) groups is 1.